The summed E-state index contributed by atoms with van der Waals surface area (Å²) >= 11 is 1.40. The van der Waals surface area contributed by atoms with Crippen LogP contribution in [0.4, 0.5) is 0 Å². The Kier molecular flexibility index (Phi) is 24.5. The molecule has 60 heavy (non-hydrogen) atoms. The van der Waals surface area contributed by atoms with Gasteiger partial charge in [0.1, 0.15) is 42.0 Å². The van der Waals surface area contributed by atoms with Crippen molar-refractivity contribution in [3.63, 3.8) is 0 Å². The molecule has 0 saturated carbocycles. The summed E-state index contributed by atoms with van der Waals surface area (Å²) in [6.07, 6.45) is 2.54. The van der Waals surface area contributed by atoms with E-state index in [0.29, 0.717) is 30.6 Å². The second-order valence-electron chi connectivity index (χ2n) is 15.0. The lowest BCUT2D eigenvalue weighted by Crippen LogP contribution is -2.61. The Morgan fingerprint density at radius 2 is 1.20 bits per heavy atom. The number of hydrogen-bond donors (Lipinski definition) is 12. The summed E-state index contributed by atoms with van der Waals surface area (Å²) in [5.74, 6) is -7.49. The maximum absolute atomic E-state index is 13.7. The lowest BCUT2D eigenvalue weighted by molar-refractivity contribution is -0.142. The number of carboxylic acid groups (broad SMARTS) is 1. The van der Waals surface area contributed by atoms with E-state index in [0.717, 1.165) is 0 Å². The number of nitrogens with two attached hydrogens (primary N) is 3. The quantitative estimate of drug-likeness (QED) is 0.0392. The third-order valence-corrected chi connectivity index (χ3v) is 10.2. The highest BCUT2D eigenvalue weighted by molar-refractivity contribution is 7.98. The summed E-state index contributed by atoms with van der Waals surface area (Å²) < 4.78 is 0. The molecule has 0 spiro atoms. The maximum atomic E-state index is 13.7. The molecule has 0 aliphatic heterocycles. The van der Waals surface area contributed by atoms with Gasteiger partial charge >= 0.3 is 5.97 Å². The second kappa shape index (κ2) is 27.7. The highest BCUT2D eigenvalue weighted by Gasteiger charge is 2.34. The Labute approximate surface area is 355 Å². The molecule has 7 amide bonds. The van der Waals surface area contributed by atoms with E-state index in [1.807, 2.05) is 6.92 Å². The van der Waals surface area contributed by atoms with Gasteiger partial charge in [-0.25, -0.2) is 4.79 Å². The van der Waals surface area contributed by atoms with E-state index in [1.165, 1.54) is 36.0 Å². The zero-order chi connectivity index (χ0) is 45.5. The summed E-state index contributed by atoms with van der Waals surface area (Å²) in [4.78, 5) is 105. The fourth-order valence-corrected chi connectivity index (χ4v) is 6.25. The van der Waals surface area contributed by atoms with E-state index in [4.69, 9.17) is 17.2 Å². The summed E-state index contributed by atoms with van der Waals surface area (Å²) in [7, 11) is 0. The molecule has 21 heteroatoms. The average molecular weight is 868 g/mol. The molecule has 0 saturated heterocycles. The molecule has 8 atom stereocenters. The number of carbonyl (C=O) groups excluding carboxylic acids is 7. The van der Waals surface area contributed by atoms with Gasteiger partial charge in [-0.05, 0) is 80.2 Å². The van der Waals surface area contributed by atoms with Gasteiger partial charge in [-0.1, -0.05) is 46.2 Å². The number of aromatic hydroxyl groups is 1. The number of phenols is 1. The topological polar surface area (TPSA) is 347 Å². The Morgan fingerprint density at radius 3 is 1.73 bits per heavy atom. The summed E-state index contributed by atoms with van der Waals surface area (Å²) in [5.41, 5.74) is 17.7. The van der Waals surface area contributed by atoms with Crippen molar-refractivity contribution in [1.29, 1.82) is 0 Å². The number of nitrogens with one attached hydrogen (secondary N) is 6. The van der Waals surface area contributed by atoms with Crippen LogP contribution in [0.1, 0.15) is 78.2 Å². The van der Waals surface area contributed by atoms with E-state index >= 15 is 0 Å². The van der Waals surface area contributed by atoms with Gasteiger partial charge in [0.2, 0.25) is 41.4 Å². The number of benzene rings is 1. The van der Waals surface area contributed by atoms with Crippen LogP contribution in [0.2, 0.25) is 0 Å². The zero-order valence-electron chi connectivity index (χ0n) is 35.0. The van der Waals surface area contributed by atoms with Crippen LogP contribution in [0.25, 0.3) is 0 Å². The minimum absolute atomic E-state index is 0.0116. The second-order valence-corrected chi connectivity index (χ2v) is 16.0. The molecule has 0 bridgehead atoms. The van der Waals surface area contributed by atoms with Crippen LogP contribution in [0.3, 0.4) is 0 Å². The third-order valence-electron chi connectivity index (χ3n) is 9.57. The van der Waals surface area contributed by atoms with Crippen LogP contribution in [-0.4, -0.2) is 130 Å². The van der Waals surface area contributed by atoms with Gasteiger partial charge in [0.05, 0.1) is 19.1 Å². The highest BCUT2D eigenvalue weighted by Crippen LogP contribution is 2.14. The molecule has 0 aromatic heterocycles. The summed E-state index contributed by atoms with van der Waals surface area (Å²) in [6.45, 7) is 6.46. The van der Waals surface area contributed by atoms with Crippen LogP contribution in [0.15, 0.2) is 24.3 Å². The van der Waals surface area contributed by atoms with Gasteiger partial charge in [-0.2, -0.15) is 11.8 Å². The molecule has 338 valence electrons. The first-order valence-corrected chi connectivity index (χ1v) is 21.3. The molecule has 20 nitrogen and oxygen atoms in total. The van der Waals surface area contributed by atoms with Gasteiger partial charge in [-0.15, -0.1) is 0 Å². The van der Waals surface area contributed by atoms with E-state index in [1.54, 1.807) is 27.0 Å². The van der Waals surface area contributed by atoms with E-state index < -0.39 is 103 Å². The number of aliphatic hydroxyl groups excluding tert-OH is 1. The van der Waals surface area contributed by atoms with Crippen LogP contribution < -0.4 is 49.1 Å². The molecule has 0 heterocycles. The third kappa shape index (κ3) is 19.4. The number of thioether (sulfide) groups is 1. The van der Waals surface area contributed by atoms with Crippen molar-refractivity contribution in [3.8, 4) is 5.75 Å². The first kappa shape index (κ1) is 53.0. The zero-order valence-corrected chi connectivity index (χ0v) is 35.8. The molecule has 0 aliphatic rings. The minimum Gasteiger partial charge on any atom is -0.508 e. The predicted molar refractivity (Wildman–Crippen MR) is 225 cm³/mol. The normalized spacial score (nSPS) is 15.2. The van der Waals surface area contributed by atoms with Crippen LogP contribution in [0, 0.1) is 11.8 Å². The molecule has 15 N–H and O–H groups in total. The molecule has 1 rings (SSSR count). The Hall–Kier alpha value is -4.99. The summed E-state index contributed by atoms with van der Waals surface area (Å²) in [5, 5.41) is 44.3. The van der Waals surface area contributed by atoms with Crippen molar-refractivity contribution in [2.75, 3.05) is 25.2 Å². The number of phenolic OH excluding ortho intramolecular Hbond substituents is 1. The van der Waals surface area contributed by atoms with E-state index in [-0.39, 0.29) is 49.8 Å². The predicted octanol–water partition coefficient (Wildman–Crippen LogP) is -1.90. The minimum atomic E-state index is -1.72. The van der Waals surface area contributed by atoms with Gasteiger partial charge in [0.15, 0.2) is 0 Å². The van der Waals surface area contributed by atoms with Gasteiger partial charge < -0.3 is 64.4 Å². The highest BCUT2D eigenvalue weighted by atomic mass is 32.2. The number of primary amides is 1. The molecule has 1 aromatic carbocycles. The van der Waals surface area contributed by atoms with Crippen molar-refractivity contribution in [2.24, 2.45) is 29.0 Å². The fraction of sp³-hybridized carbons (Fsp3) is 0.641. The molecule has 0 fully saturated rings. The van der Waals surface area contributed by atoms with Crippen LogP contribution >= 0.6 is 11.8 Å². The lowest BCUT2D eigenvalue weighted by atomic mass is 9.98. The number of hydrogen-bond acceptors (Lipinski definition) is 13. The Balaban J connectivity index is 3.32. The molecular formula is C39H65N9O11S. The molecule has 0 radical (unpaired) electrons. The average Bonchev–Trinajstić information content (AvgIpc) is 3.19. The molecule has 0 aliphatic carbocycles. The van der Waals surface area contributed by atoms with Gasteiger partial charge in [0, 0.05) is 6.42 Å². The Bertz CT molecular complexity index is 1580. The van der Waals surface area contributed by atoms with Crippen molar-refractivity contribution in [2.45, 2.75) is 121 Å². The maximum Gasteiger partial charge on any atom is 0.326 e. The van der Waals surface area contributed by atoms with E-state index in [2.05, 4.69) is 31.9 Å². The first-order chi connectivity index (χ1) is 28.3. The molecule has 1 aromatic rings. The smallest absolute Gasteiger partial charge is 0.326 e. The largest absolute Gasteiger partial charge is 0.508 e. The standard InChI is InChI=1S/C39H65N9O11S/c1-6-22(4)32(42)38(57)47-28(18-23-10-12-24(50)13-11-23)35(54)48-30(20-49)37(56)46-29(19-31(41)51)36(55)43-25(9-7-8-15-40)33(52)45-27(17-21(2)3)34(53)44-26(39(58)59)14-16-60-5/h10-13,21-22,25-30,32,49-50H,6-9,14-20,40,42H2,1-5H3,(H2,41,51)(H,43,55)(H,44,53)(H,45,52)(H,46,56)(H,47,57)(H,48,54)(H,58,59)/t22-,25-,26-,27-,28-,29-,30-,32-/m0/s1. The number of carbonyl (C=O) groups is 8. The fourth-order valence-electron chi connectivity index (χ4n) is 5.78. The summed E-state index contributed by atoms with van der Waals surface area (Å²) in [6, 6.07) is -3.66. The number of unbranched alkanes of at least 4 members (excludes halogenated alkanes) is 1. The Morgan fingerprint density at radius 1 is 0.700 bits per heavy atom. The first-order valence-electron chi connectivity index (χ1n) is 19.9. The number of aliphatic carboxylic acids is 1. The van der Waals surface area contributed by atoms with Gasteiger partial charge in [-0.3, -0.25) is 33.6 Å². The number of amides is 7. The molecular weight excluding hydrogens is 803 g/mol. The van der Waals surface area contributed by atoms with Crippen LogP contribution in [-0.2, 0) is 44.8 Å². The SMILES string of the molecule is CC[C@H](C)[C@H](N)C(=O)N[C@@H](Cc1ccc(O)cc1)C(=O)N[C@@H](CO)C(=O)N[C@@H](CC(N)=O)C(=O)N[C@@H](CCCCN)C(=O)N[C@@H](CC(C)C)C(=O)N[C@@H](CCSC)C(=O)O. The van der Waals surface area contributed by atoms with Crippen LogP contribution in [0.5, 0.6) is 5.75 Å². The van der Waals surface area contributed by atoms with Crippen molar-refractivity contribution in [3.05, 3.63) is 29.8 Å². The van der Waals surface area contributed by atoms with Crippen molar-refractivity contribution in [1.82, 2.24) is 31.9 Å². The number of rotatable bonds is 29. The van der Waals surface area contributed by atoms with Crippen molar-refractivity contribution >= 4 is 59.1 Å². The van der Waals surface area contributed by atoms with Crippen molar-refractivity contribution < 1.29 is 53.7 Å². The molecule has 0 unspecified atom stereocenters. The lowest BCUT2D eigenvalue weighted by Gasteiger charge is -2.27. The monoisotopic (exact) mass is 867 g/mol. The van der Waals surface area contributed by atoms with E-state index in [9.17, 15) is 53.7 Å². The van der Waals surface area contributed by atoms with Gasteiger partial charge in [0.25, 0.3) is 0 Å². The number of aliphatic hydroxyl groups is 1. The number of carboxylic acids is 1.